The van der Waals surface area contributed by atoms with Crippen LogP contribution in [0, 0.1) is 0 Å². The van der Waals surface area contributed by atoms with Crippen LogP contribution < -0.4 is 0 Å². The van der Waals surface area contributed by atoms with Crippen LogP contribution in [-0.2, 0) is 11.3 Å². The van der Waals surface area contributed by atoms with Crippen LogP contribution in [0.15, 0.2) is 6.20 Å². The maximum absolute atomic E-state index is 10.1. The molecule has 0 aliphatic carbocycles. The fraction of sp³-hybridized carbons (Fsp3) is 0.200. The van der Waals surface area contributed by atoms with Gasteiger partial charge in [0.2, 0.25) is 0 Å². The zero-order chi connectivity index (χ0) is 8.27. The molecule has 1 aromatic rings. The molecule has 0 unspecified atom stereocenters. The number of aromatic nitrogens is 3. The Morgan fingerprint density at radius 3 is 3.00 bits per heavy atom. The molecule has 0 radical (unpaired) electrons. The van der Waals surface area contributed by atoms with Crippen LogP contribution in [0.4, 0.5) is 0 Å². The number of carboxylic acids is 1. The summed E-state index contributed by atoms with van der Waals surface area (Å²) in [6.07, 6.45) is 1.77. The third kappa shape index (κ3) is 1.85. The molecule has 6 nitrogen and oxygen atoms in total. The van der Waals surface area contributed by atoms with Crippen LogP contribution in [0.25, 0.3) is 0 Å². The largest absolute Gasteiger partial charge is 0.480 e. The topological polar surface area (TPSA) is 85.1 Å². The lowest BCUT2D eigenvalue weighted by atomic mass is 10.5. The van der Waals surface area contributed by atoms with Gasteiger partial charge in [-0.2, -0.15) is 0 Å². The highest BCUT2D eigenvalue weighted by atomic mass is 16.4. The quantitative estimate of drug-likeness (QED) is 0.576. The van der Waals surface area contributed by atoms with E-state index in [0.717, 1.165) is 4.68 Å². The minimum atomic E-state index is -1.02. The number of carboxylic acid groups (broad SMARTS) is 1. The Morgan fingerprint density at radius 2 is 2.55 bits per heavy atom. The molecule has 0 amide bonds. The van der Waals surface area contributed by atoms with Crippen molar-refractivity contribution >= 4 is 12.3 Å². The average molecular weight is 155 g/mol. The second kappa shape index (κ2) is 2.91. The molecule has 0 atom stereocenters. The van der Waals surface area contributed by atoms with Crippen LogP contribution in [0.1, 0.15) is 10.5 Å². The van der Waals surface area contributed by atoms with Crippen LogP contribution in [0.3, 0.4) is 0 Å². The highest BCUT2D eigenvalue weighted by molar-refractivity contribution is 5.71. The zero-order valence-corrected chi connectivity index (χ0v) is 5.47. The molecule has 1 heterocycles. The number of aliphatic carboxylic acids is 1. The lowest BCUT2D eigenvalue weighted by Gasteiger charge is -1.89. The van der Waals surface area contributed by atoms with E-state index in [1.165, 1.54) is 6.20 Å². The van der Waals surface area contributed by atoms with E-state index in [2.05, 4.69) is 10.3 Å². The fourth-order valence-electron chi connectivity index (χ4n) is 0.583. The summed E-state index contributed by atoms with van der Waals surface area (Å²) in [4.78, 5) is 20.1. The molecule has 58 valence electrons. The standard InChI is InChI=1S/C5H5N3O3/c9-3-4-1-8(7-6-4)2-5(10)11/h1,3H,2H2,(H,10,11). The number of nitrogens with zero attached hydrogens (tertiary/aromatic N) is 3. The number of hydrogen-bond acceptors (Lipinski definition) is 4. The molecule has 0 aromatic carbocycles. The van der Waals surface area contributed by atoms with Gasteiger partial charge in [0.1, 0.15) is 12.2 Å². The lowest BCUT2D eigenvalue weighted by molar-refractivity contribution is -0.137. The second-order valence-electron chi connectivity index (χ2n) is 1.85. The van der Waals surface area contributed by atoms with Crippen molar-refractivity contribution in [1.82, 2.24) is 15.0 Å². The third-order valence-electron chi connectivity index (χ3n) is 0.974. The molecule has 6 heteroatoms. The van der Waals surface area contributed by atoms with Crippen molar-refractivity contribution in [2.24, 2.45) is 0 Å². The van der Waals surface area contributed by atoms with Gasteiger partial charge in [-0.1, -0.05) is 5.21 Å². The summed E-state index contributed by atoms with van der Waals surface area (Å²) in [5.74, 6) is -1.02. The first kappa shape index (κ1) is 7.39. The highest BCUT2D eigenvalue weighted by Gasteiger charge is 2.01. The predicted octanol–water partition coefficient (Wildman–Crippen LogP) is -0.825. The summed E-state index contributed by atoms with van der Waals surface area (Å²) in [7, 11) is 0. The number of carbonyl (C=O) groups excluding carboxylic acids is 1. The summed E-state index contributed by atoms with van der Waals surface area (Å²) in [5.41, 5.74) is 0.131. The SMILES string of the molecule is O=Cc1cn(CC(=O)O)nn1. The molecule has 0 saturated heterocycles. The number of hydrogen-bond donors (Lipinski definition) is 1. The second-order valence-corrected chi connectivity index (χ2v) is 1.85. The van der Waals surface area contributed by atoms with E-state index in [1.54, 1.807) is 0 Å². The number of rotatable bonds is 3. The Hall–Kier alpha value is -1.72. The maximum atomic E-state index is 10.1. The van der Waals surface area contributed by atoms with Crippen LogP contribution in [-0.4, -0.2) is 32.4 Å². The minimum absolute atomic E-state index is 0.131. The van der Waals surface area contributed by atoms with E-state index in [9.17, 15) is 9.59 Å². The van der Waals surface area contributed by atoms with Crippen molar-refractivity contribution in [2.45, 2.75) is 6.54 Å². The Bertz CT molecular complexity index is 280. The Morgan fingerprint density at radius 1 is 1.82 bits per heavy atom. The first-order valence-electron chi connectivity index (χ1n) is 2.79. The predicted molar refractivity (Wildman–Crippen MR) is 33.0 cm³/mol. The van der Waals surface area contributed by atoms with Gasteiger partial charge in [-0.15, -0.1) is 5.10 Å². The van der Waals surface area contributed by atoms with E-state index < -0.39 is 5.97 Å². The molecule has 0 aliphatic rings. The molecular formula is C5H5N3O3. The van der Waals surface area contributed by atoms with Crippen molar-refractivity contribution in [1.29, 1.82) is 0 Å². The smallest absolute Gasteiger partial charge is 0.325 e. The molecule has 0 bridgehead atoms. The highest BCUT2D eigenvalue weighted by Crippen LogP contribution is 1.87. The van der Waals surface area contributed by atoms with Gasteiger partial charge in [-0.25, -0.2) is 4.68 Å². The van der Waals surface area contributed by atoms with Crippen molar-refractivity contribution in [3.8, 4) is 0 Å². The van der Waals surface area contributed by atoms with Gasteiger partial charge in [0.05, 0.1) is 6.20 Å². The summed E-state index contributed by atoms with van der Waals surface area (Å²) in [5, 5.41) is 15.0. The van der Waals surface area contributed by atoms with Crippen molar-refractivity contribution in [3.05, 3.63) is 11.9 Å². The summed E-state index contributed by atoms with van der Waals surface area (Å²) in [6.45, 7) is -0.277. The van der Waals surface area contributed by atoms with Gasteiger partial charge in [-0.05, 0) is 0 Å². The maximum Gasteiger partial charge on any atom is 0.325 e. The van der Waals surface area contributed by atoms with Gasteiger partial charge in [0.25, 0.3) is 0 Å². The zero-order valence-electron chi connectivity index (χ0n) is 5.47. The summed E-state index contributed by atoms with van der Waals surface area (Å²) >= 11 is 0. The summed E-state index contributed by atoms with van der Waals surface area (Å²) in [6, 6.07) is 0. The van der Waals surface area contributed by atoms with Gasteiger partial charge < -0.3 is 5.11 Å². The molecule has 11 heavy (non-hydrogen) atoms. The molecular weight excluding hydrogens is 150 g/mol. The van der Waals surface area contributed by atoms with Gasteiger partial charge in [0.15, 0.2) is 6.29 Å². The number of carbonyl (C=O) groups is 2. The molecule has 1 N–H and O–H groups in total. The summed E-state index contributed by atoms with van der Waals surface area (Å²) < 4.78 is 1.08. The molecule has 0 saturated carbocycles. The minimum Gasteiger partial charge on any atom is -0.480 e. The molecule has 0 fully saturated rings. The Labute approximate surface area is 61.4 Å². The normalized spacial score (nSPS) is 9.45. The monoisotopic (exact) mass is 155 g/mol. The fourth-order valence-corrected chi connectivity index (χ4v) is 0.583. The van der Waals surface area contributed by atoms with Crippen molar-refractivity contribution < 1.29 is 14.7 Å². The van der Waals surface area contributed by atoms with Crippen molar-refractivity contribution in [3.63, 3.8) is 0 Å². The van der Waals surface area contributed by atoms with E-state index in [-0.39, 0.29) is 12.2 Å². The van der Waals surface area contributed by atoms with Crippen molar-refractivity contribution in [2.75, 3.05) is 0 Å². The van der Waals surface area contributed by atoms with Gasteiger partial charge >= 0.3 is 5.97 Å². The molecule has 1 rings (SSSR count). The van der Waals surface area contributed by atoms with Crippen LogP contribution >= 0.6 is 0 Å². The first-order valence-corrected chi connectivity index (χ1v) is 2.79. The van der Waals surface area contributed by atoms with E-state index in [1.807, 2.05) is 0 Å². The lowest BCUT2D eigenvalue weighted by Crippen LogP contribution is -2.08. The average Bonchev–Trinajstić information content (AvgIpc) is 2.34. The van der Waals surface area contributed by atoms with E-state index in [0.29, 0.717) is 6.29 Å². The van der Waals surface area contributed by atoms with Gasteiger partial charge in [-0.3, -0.25) is 9.59 Å². The van der Waals surface area contributed by atoms with Crippen LogP contribution in [0.5, 0.6) is 0 Å². The Balaban J connectivity index is 2.72. The number of aldehydes is 1. The van der Waals surface area contributed by atoms with Gasteiger partial charge in [0, 0.05) is 0 Å². The molecule has 0 spiro atoms. The first-order chi connectivity index (χ1) is 5.22. The van der Waals surface area contributed by atoms with Crippen LogP contribution in [0.2, 0.25) is 0 Å². The van der Waals surface area contributed by atoms with E-state index in [4.69, 9.17) is 5.11 Å². The molecule has 0 aliphatic heterocycles. The molecule has 1 aromatic heterocycles. The van der Waals surface area contributed by atoms with E-state index >= 15 is 0 Å². The third-order valence-corrected chi connectivity index (χ3v) is 0.974. The Kier molecular flexibility index (Phi) is 1.95.